The molecule has 1 heterocycles. The quantitative estimate of drug-likeness (QED) is 0.769. The Morgan fingerprint density at radius 2 is 1.88 bits per heavy atom. The van der Waals surface area contributed by atoms with E-state index in [2.05, 4.69) is 5.18 Å². The molecular weight excluding hydrogens is 224 g/mol. The maximum Gasteiger partial charge on any atom is 0.332 e. The Hall–Kier alpha value is -1.92. The van der Waals surface area contributed by atoms with Crippen LogP contribution < -0.4 is 17.0 Å². The summed E-state index contributed by atoms with van der Waals surface area (Å²) in [6.07, 6.45) is 1.55. The molecule has 94 valence electrons. The van der Waals surface area contributed by atoms with Gasteiger partial charge in [0.05, 0.1) is 0 Å². The fourth-order valence-electron chi connectivity index (χ4n) is 1.61. The number of nitrogens with zero attached hydrogens (tertiary/aromatic N) is 3. The molecule has 1 aromatic rings. The van der Waals surface area contributed by atoms with Crippen molar-refractivity contribution >= 4 is 11.5 Å². The van der Waals surface area contributed by atoms with Gasteiger partial charge in [-0.3, -0.25) is 13.9 Å². The van der Waals surface area contributed by atoms with Crippen molar-refractivity contribution in [2.24, 2.45) is 5.18 Å². The van der Waals surface area contributed by atoms with Crippen LogP contribution in [0.15, 0.2) is 14.8 Å². The van der Waals surface area contributed by atoms with Gasteiger partial charge in [0.2, 0.25) is 5.82 Å². The highest BCUT2D eigenvalue weighted by Crippen LogP contribution is 2.14. The largest absolute Gasteiger partial charge is 0.391 e. The third-order valence-corrected chi connectivity index (χ3v) is 2.57. The average molecular weight is 240 g/mol. The number of hydrogen-bond donors (Lipinski definition) is 1. The minimum absolute atomic E-state index is 0.247. The molecule has 2 N–H and O–H groups in total. The van der Waals surface area contributed by atoms with Crippen LogP contribution in [0.1, 0.15) is 26.7 Å². The van der Waals surface area contributed by atoms with Crippen LogP contribution in [-0.4, -0.2) is 9.13 Å². The lowest BCUT2D eigenvalue weighted by Crippen LogP contribution is -2.40. The molecule has 0 radical (unpaired) electrons. The van der Waals surface area contributed by atoms with E-state index < -0.39 is 11.2 Å². The SMILES string of the molecule is CCCCn1c(=O)c(N)c(N=O)n(CC)c1=O. The van der Waals surface area contributed by atoms with E-state index in [0.717, 1.165) is 15.6 Å². The van der Waals surface area contributed by atoms with Crippen molar-refractivity contribution in [1.82, 2.24) is 9.13 Å². The van der Waals surface area contributed by atoms with Gasteiger partial charge in [-0.05, 0) is 18.5 Å². The highest BCUT2D eigenvalue weighted by Gasteiger charge is 2.16. The van der Waals surface area contributed by atoms with Gasteiger partial charge in [0.1, 0.15) is 5.69 Å². The van der Waals surface area contributed by atoms with Crippen molar-refractivity contribution in [3.8, 4) is 0 Å². The average Bonchev–Trinajstić information content (AvgIpc) is 2.33. The molecule has 0 aliphatic heterocycles. The molecule has 0 bridgehead atoms. The minimum Gasteiger partial charge on any atom is -0.391 e. The second kappa shape index (κ2) is 5.42. The van der Waals surface area contributed by atoms with Crippen molar-refractivity contribution in [3.63, 3.8) is 0 Å². The van der Waals surface area contributed by atoms with Crippen LogP contribution in [0.2, 0.25) is 0 Å². The lowest BCUT2D eigenvalue weighted by molar-refractivity contribution is 0.544. The Morgan fingerprint density at radius 3 is 2.35 bits per heavy atom. The van der Waals surface area contributed by atoms with Crippen molar-refractivity contribution in [3.05, 3.63) is 25.7 Å². The van der Waals surface area contributed by atoms with Gasteiger partial charge in [-0.25, -0.2) is 4.79 Å². The molecule has 0 spiro atoms. The summed E-state index contributed by atoms with van der Waals surface area (Å²) in [7, 11) is 0. The molecule has 0 fully saturated rings. The summed E-state index contributed by atoms with van der Waals surface area (Å²) in [5, 5.41) is 2.66. The van der Waals surface area contributed by atoms with Crippen LogP contribution in [0.25, 0.3) is 0 Å². The first-order valence-corrected chi connectivity index (χ1v) is 5.54. The third kappa shape index (κ3) is 2.27. The van der Waals surface area contributed by atoms with Crippen LogP contribution in [0.5, 0.6) is 0 Å². The molecule has 17 heavy (non-hydrogen) atoms. The Bertz CT molecular complexity index is 530. The number of rotatable bonds is 5. The van der Waals surface area contributed by atoms with E-state index in [0.29, 0.717) is 13.0 Å². The summed E-state index contributed by atoms with van der Waals surface area (Å²) in [6, 6.07) is 0. The predicted octanol–water partition coefficient (Wildman–Crippen LogP) is 0.810. The van der Waals surface area contributed by atoms with Gasteiger partial charge in [-0.2, -0.15) is 0 Å². The Kier molecular flexibility index (Phi) is 4.19. The van der Waals surface area contributed by atoms with E-state index in [1.165, 1.54) is 0 Å². The van der Waals surface area contributed by atoms with E-state index in [1.54, 1.807) is 6.92 Å². The lowest BCUT2D eigenvalue weighted by atomic mass is 10.3. The van der Waals surface area contributed by atoms with Crippen molar-refractivity contribution in [2.45, 2.75) is 39.8 Å². The van der Waals surface area contributed by atoms with E-state index in [9.17, 15) is 14.5 Å². The minimum atomic E-state index is -0.636. The molecule has 1 aromatic heterocycles. The van der Waals surface area contributed by atoms with Gasteiger partial charge in [0.15, 0.2) is 0 Å². The van der Waals surface area contributed by atoms with Gasteiger partial charge >= 0.3 is 5.69 Å². The van der Waals surface area contributed by atoms with E-state index >= 15 is 0 Å². The number of nitrogens with two attached hydrogens (primary N) is 1. The summed E-state index contributed by atoms with van der Waals surface area (Å²) in [5.74, 6) is -0.282. The van der Waals surface area contributed by atoms with Crippen LogP contribution in [0.4, 0.5) is 11.5 Å². The lowest BCUT2D eigenvalue weighted by Gasteiger charge is -2.11. The maximum atomic E-state index is 11.9. The molecule has 0 unspecified atom stereocenters. The zero-order chi connectivity index (χ0) is 13.0. The van der Waals surface area contributed by atoms with E-state index in [4.69, 9.17) is 5.73 Å². The molecular formula is C10H16N4O3. The van der Waals surface area contributed by atoms with E-state index in [-0.39, 0.29) is 18.1 Å². The van der Waals surface area contributed by atoms with Crippen LogP contribution in [0, 0.1) is 4.91 Å². The molecule has 0 aliphatic rings. The first kappa shape index (κ1) is 13.1. The van der Waals surface area contributed by atoms with Gasteiger partial charge < -0.3 is 5.73 Å². The molecule has 1 rings (SSSR count). The summed E-state index contributed by atoms with van der Waals surface area (Å²) in [5.41, 5.74) is 4.09. The van der Waals surface area contributed by atoms with Crippen molar-refractivity contribution in [1.29, 1.82) is 0 Å². The van der Waals surface area contributed by atoms with Crippen LogP contribution in [-0.2, 0) is 13.1 Å². The van der Waals surface area contributed by atoms with Crippen LogP contribution >= 0.6 is 0 Å². The molecule has 0 aromatic carbocycles. The molecule has 0 amide bonds. The Morgan fingerprint density at radius 1 is 1.24 bits per heavy atom. The molecule has 0 aliphatic carbocycles. The summed E-state index contributed by atoms with van der Waals surface area (Å²) >= 11 is 0. The molecule has 7 nitrogen and oxygen atoms in total. The first-order chi connectivity index (χ1) is 8.08. The first-order valence-electron chi connectivity index (χ1n) is 5.54. The predicted molar refractivity (Wildman–Crippen MR) is 65.4 cm³/mol. The Labute approximate surface area is 97.8 Å². The third-order valence-electron chi connectivity index (χ3n) is 2.57. The number of aromatic nitrogens is 2. The number of nitroso groups, excluding NO2 is 1. The zero-order valence-electron chi connectivity index (χ0n) is 9.97. The maximum absolute atomic E-state index is 11.9. The number of unbranched alkanes of at least 4 members (excludes halogenated alkanes) is 1. The van der Waals surface area contributed by atoms with E-state index in [1.807, 2.05) is 6.92 Å². The van der Waals surface area contributed by atoms with Gasteiger partial charge in [0.25, 0.3) is 5.56 Å². The summed E-state index contributed by atoms with van der Waals surface area (Å²) in [6.45, 7) is 4.19. The van der Waals surface area contributed by atoms with Gasteiger partial charge in [-0.1, -0.05) is 13.3 Å². The standard InChI is InChI=1S/C10H16N4O3/c1-3-5-6-14-9(15)7(11)8(12-17)13(4-2)10(14)16/h3-6,11H2,1-2H3. The van der Waals surface area contributed by atoms with Crippen molar-refractivity contribution in [2.75, 3.05) is 5.73 Å². The molecule has 7 heteroatoms. The topological polar surface area (TPSA) is 99.4 Å². The monoisotopic (exact) mass is 240 g/mol. The molecule has 0 atom stereocenters. The molecule has 0 saturated heterocycles. The normalized spacial score (nSPS) is 10.5. The van der Waals surface area contributed by atoms with Gasteiger partial charge in [-0.15, -0.1) is 4.91 Å². The summed E-state index contributed by atoms with van der Waals surface area (Å²) < 4.78 is 2.16. The van der Waals surface area contributed by atoms with Crippen molar-refractivity contribution < 1.29 is 0 Å². The number of anilines is 1. The van der Waals surface area contributed by atoms with Crippen LogP contribution in [0.3, 0.4) is 0 Å². The fourth-order valence-corrected chi connectivity index (χ4v) is 1.61. The second-order valence-corrected chi connectivity index (χ2v) is 3.67. The smallest absolute Gasteiger partial charge is 0.332 e. The summed E-state index contributed by atoms with van der Waals surface area (Å²) in [4.78, 5) is 34.3. The number of nitrogen functional groups attached to an aromatic ring is 1. The highest BCUT2D eigenvalue weighted by atomic mass is 16.3. The van der Waals surface area contributed by atoms with Gasteiger partial charge in [0, 0.05) is 13.1 Å². The fraction of sp³-hybridized carbons (Fsp3) is 0.600. The second-order valence-electron chi connectivity index (χ2n) is 3.67. The zero-order valence-corrected chi connectivity index (χ0v) is 9.97. The Balaban J connectivity index is 3.53. The highest BCUT2D eigenvalue weighted by molar-refractivity contribution is 5.55. The molecule has 0 saturated carbocycles. The number of hydrogen-bond acceptors (Lipinski definition) is 5.